The van der Waals surface area contributed by atoms with Gasteiger partial charge in [0.2, 0.25) is 10.0 Å². The van der Waals surface area contributed by atoms with Crippen molar-refractivity contribution in [3.8, 4) is 0 Å². The average molecular weight is 316 g/mol. The second-order valence-electron chi connectivity index (χ2n) is 7.38. The fourth-order valence-electron chi connectivity index (χ4n) is 2.89. The summed E-state index contributed by atoms with van der Waals surface area (Å²) in [6.07, 6.45) is 0.734. The van der Waals surface area contributed by atoms with Gasteiger partial charge in [0, 0.05) is 12.1 Å². The molecule has 1 aromatic heterocycles. The highest BCUT2D eigenvalue weighted by Gasteiger charge is 2.33. The SMILES string of the molecule is CNCc1n[nH]c(C)c1S(=O)(=O)NC(C)(C)CC(C)(C)C. The number of sulfonamides is 1. The van der Waals surface area contributed by atoms with E-state index in [0.29, 0.717) is 17.9 Å². The zero-order valence-electron chi connectivity index (χ0n) is 14.1. The lowest BCUT2D eigenvalue weighted by atomic mass is 9.82. The third kappa shape index (κ3) is 5.09. The summed E-state index contributed by atoms with van der Waals surface area (Å²) < 4.78 is 28.2. The summed E-state index contributed by atoms with van der Waals surface area (Å²) in [6.45, 7) is 12.2. The molecular formula is C14H28N4O2S. The predicted molar refractivity (Wildman–Crippen MR) is 84.6 cm³/mol. The van der Waals surface area contributed by atoms with E-state index in [1.807, 2.05) is 13.8 Å². The molecule has 122 valence electrons. The Labute approximate surface area is 128 Å². The molecule has 1 aromatic rings. The lowest BCUT2D eigenvalue weighted by molar-refractivity contribution is 0.269. The third-order valence-corrected chi connectivity index (χ3v) is 4.86. The molecule has 0 atom stereocenters. The lowest BCUT2D eigenvalue weighted by Gasteiger charge is -2.33. The standard InChI is InChI=1S/C14H28N4O2S/c1-10-12(11(8-15-7)17-16-10)21(19,20)18-14(5,6)9-13(2,3)4/h15,18H,8-9H2,1-7H3,(H,16,17). The number of aromatic nitrogens is 2. The van der Waals surface area contributed by atoms with Gasteiger partial charge in [-0.15, -0.1) is 0 Å². The van der Waals surface area contributed by atoms with E-state index in [4.69, 9.17) is 0 Å². The minimum Gasteiger partial charge on any atom is -0.314 e. The van der Waals surface area contributed by atoms with Crippen LogP contribution in [0.15, 0.2) is 4.90 Å². The molecule has 7 heteroatoms. The van der Waals surface area contributed by atoms with Gasteiger partial charge < -0.3 is 5.32 Å². The highest BCUT2D eigenvalue weighted by molar-refractivity contribution is 7.89. The molecule has 0 aliphatic heterocycles. The first-order chi connectivity index (χ1) is 9.38. The molecule has 0 saturated carbocycles. The number of nitrogens with one attached hydrogen (secondary N) is 3. The smallest absolute Gasteiger partial charge is 0.244 e. The van der Waals surface area contributed by atoms with Crippen LogP contribution in [0.2, 0.25) is 0 Å². The molecule has 0 bridgehead atoms. The van der Waals surface area contributed by atoms with Gasteiger partial charge in [0.15, 0.2) is 0 Å². The van der Waals surface area contributed by atoms with E-state index in [0.717, 1.165) is 6.42 Å². The molecular weight excluding hydrogens is 288 g/mol. The summed E-state index contributed by atoms with van der Waals surface area (Å²) in [5.41, 5.74) is 0.566. The second kappa shape index (κ2) is 6.06. The fraction of sp³-hybridized carbons (Fsp3) is 0.786. The maximum absolute atomic E-state index is 12.7. The molecule has 0 spiro atoms. The topological polar surface area (TPSA) is 86.9 Å². The van der Waals surface area contributed by atoms with Crippen molar-refractivity contribution in [1.29, 1.82) is 0 Å². The van der Waals surface area contributed by atoms with E-state index in [-0.39, 0.29) is 10.3 Å². The number of aryl methyl sites for hydroxylation is 1. The Morgan fingerprint density at radius 2 is 1.76 bits per heavy atom. The number of H-pyrrole nitrogens is 1. The summed E-state index contributed by atoms with van der Waals surface area (Å²) in [5, 5.41) is 9.76. The Morgan fingerprint density at radius 1 is 1.19 bits per heavy atom. The van der Waals surface area contributed by atoms with E-state index >= 15 is 0 Å². The van der Waals surface area contributed by atoms with E-state index in [1.54, 1.807) is 14.0 Å². The van der Waals surface area contributed by atoms with Crippen molar-refractivity contribution in [3.63, 3.8) is 0 Å². The first kappa shape index (κ1) is 18.1. The van der Waals surface area contributed by atoms with Gasteiger partial charge in [0.25, 0.3) is 0 Å². The molecule has 0 aromatic carbocycles. The van der Waals surface area contributed by atoms with Crippen molar-refractivity contribution in [1.82, 2.24) is 20.2 Å². The summed E-state index contributed by atoms with van der Waals surface area (Å²) >= 11 is 0. The van der Waals surface area contributed by atoms with Crippen molar-refractivity contribution in [2.24, 2.45) is 5.41 Å². The van der Waals surface area contributed by atoms with Crippen molar-refractivity contribution < 1.29 is 8.42 Å². The molecule has 0 radical (unpaired) electrons. The molecule has 0 saturated heterocycles. The monoisotopic (exact) mass is 316 g/mol. The summed E-state index contributed by atoms with van der Waals surface area (Å²) in [7, 11) is -1.85. The van der Waals surface area contributed by atoms with Gasteiger partial charge in [0.05, 0.1) is 11.4 Å². The minimum atomic E-state index is -3.61. The van der Waals surface area contributed by atoms with Crippen LogP contribution in [0.4, 0.5) is 0 Å². The Bertz CT molecular complexity index is 583. The molecule has 0 fully saturated rings. The molecule has 0 unspecified atom stereocenters. The highest BCUT2D eigenvalue weighted by atomic mass is 32.2. The quantitative estimate of drug-likeness (QED) is 0.748. The van der Waals surface area contributed by atoms with Gasteiger partial charge in [-0.2, -0.15) is 5.10 Å². The van der Waals surface area contributed by atoms with Crippen LogP contribution in [0, 0.1) is 12.3 Å². The van der Waals surface area contributed by atoms with Gasteiger partial charge in [-0.3, -0.25) is 5.10 Å². The van der Waals surface area contributed by atoms with E-state index in [2.05, 4.69) is 41.0 Å². The molecule has 1 rings (SSSR count). The molecule has 0 amide bonds. The van der Waals surface area contributed by atoms with Crippen LogP contribution in [0.3, 0.4) is 0 Å². The van der Waals surface area contributed by atoms with Gasteiger partial charge in [-0.05, 0) is 39.7 Å². The number of aromatic amines is 1. The van der Waals surface area contributed by atoms with Crippen LogP contribution in [-0.4, -0.2) is 31.2 Å². The van der Waals surface area contributed by atoms with Crippen LogP contribution >= 0.6 is 0 Å². The molecule has 3 N–H and O–H groups in total. The first-order valence-electron chi connectivity index (χ1n) is 7.10. The minimum absolute atomic E-state index is 0.0330. The van der Waals surface area contributed by atoms with E-state index < -0.39 is 15.6 Å². The van der Waals surface area contributed by atoms with Gasteiger partial charge >= 0.3 is 0 Å². The Morgan fingerprint density at radius 3 is 2.24 bits per heavy atom. The summed E-state index contributed by atoms with van der Waals surface area (Å²) in [6, 6.07) is 0. The van der Waals surface area contributed by atoms with Gasteiger partial charge in [-0.25, -0.2) is 13.1 Å². The highest BCUT2D eigenvalue weighted by Crippen LogP contribution is 2.29. The number of hydrogen-bond acceptors (Lipinski definition) is 4. The lowest BCUT2D eigenvalue weighted by Crippen LogP contribution is -2.46. The third-order valence-electron chi connectivity index (χ3n) is 2.96. The largest absolute Gasteiger partial charge is 0.314 e. The summed E-state index contributed by atoms with van der Waals surface area (Å²) in [5.74, 6) is 0. The second-order valence-corrected chi connectivity index (χ2v) is 9.00. The van der Waals surface area contributed by atoms with Crippen LogP contribution in [0.5, 0.6) is 0 Å². The van der Waals surface area contributed by atoms with E-state index in [9.17, 15) is 8.42 Å². The predicted octanol–water partition coefficient (Wildman–Crippen LogP) is 1.93. The maximum Gasteiger partial charge on any atom is 0.244 e. The first-order valence-corrected chi connectivity index (χ1v) is 8.59. The molecule has 21 heavy (non-hydrogen) atoms. The molecule has 0 aliphatic rings. The average Bonchev–Trinajstić information content (AvgIpc) is 2.55. The normalized spacial score (nSPS) is 13.7. The summed E-state index contributed by atoms with van der Waals surface area (Å²) in [4.78, 5) is 0.249. The zero-order valence-corrected chi connectivity index (χ0v) is 14.9. The van der Waals surface area contributed by atoms with Crippen molar-refractivity contribution in [2.75, 3.05) is 7.05 Å². The van der Waals surface area contributed by atoms with E-state index in [1.165, 1.54) is 0 Å². The van der Waals surface area contributed by atoms with Crippen molar-refractivity contribution in [2.45, 2.75) is 64.9 Å². The van der Waals surface area contributed by atoms with Crippen molar-refractivity contribution in [3.05, 3.63) is 11.4 Å². The number of hydrogen-bond donors (Lipinski definition) is 3. The maximum atomic E-state index is 12.7. The molecule has 1 heterocycles. The zero-order chi connectivity index (χ0) is 16.5. The van der Waals surface area contributed by atoms with Crippen LogP contribution < -0.4 is 10.0 Å². The number of nitrogens with zero attached hydrogens (tertiary/aromatic N) is 1. The van der Waals surface area contributed by atoms with Gasteiger partial charge in [0.1, 0.15) is 4.90 Å². The van der Waals surface area contributed by atoms with Crippen LogP contribution in [-0.2, 0) is 16.6 Å². The van der Waals surface area contributed by atoms with Crippen LogP contribution in [0.25, 0.3) is 0 Å². The molecule has 0 aliphatic carbocycles. The Kier molecular flexibility index (Phi) is 5.23. The fourth-order valence-corrected chi connectivity index (χ4v) is 4.67. The van der Waals surface area contributed by atoms with Crippen molar-refractivity contribution >= 4 is 10.0 Å². The number of rotatable bonds is 6. The molecule has 6 nitrogen and oxygen atoms in total. The van der Waals surface area contributed by atoms with Gasteiger partial charge in [-0.1, -0.05) is 20.8 Å². The van der Waals surface area contributed by atoms with Crippen LogP contribution in [0.1, 0.15) is 52.4 Å². The Balaban J connectivity index is 3.10. The Hall–Kier alpha value is -0.920.